The average Bonchev–Trinajstić information content (AvgIpc) is 2.97. The average molecular weight is 310 g/mol. The highest BCUT2D eigenvalue weighted by molar-refractivity contribution is 7.10. The summed E-state index contributed by atoms with van der Waals surface area (Å²) in [6, 6.07) is 11.2. The highest BCUT2D eigenvalue weighted by Crippen LogP contribution is 2.17. The Labute approximate surface area is 127 Å². The number of aliphatic hydroxyl groups excluding tert-OH is 1. The topological polar surface area (TPSA) is 49.3 Å². The first-order chi connectivity index (χ1) is 9.65. The van der Waals surface area contributed by atoms with Gasteiger partial charge in [-0.3, -0.25) is 4.79 Å². The third kappa shape index (κ3) is 4.63. The van der Waals surface area contributed by atoms with Gasteiger partial charge < -0.3 is 10.4 Å². The minimum absolute atomic E-state index is 0.0689. The molecule has 0 fully saturated rings. The summed E-state index contributed by atoms with van der Waals surface area (Å²) in [4.78, 5) is 12.6. The molecule has 0 aliphatic rings. The van der Waals surface area contributed by atoms with Crippen LogP contribution in [-0.4, -0.2) is 17.6 Å². The molecule has 0 saturated heterocycles. The van der Waals surface area contributed by atoms with E-state index >= 15 is 0 Å². The number of hydrogen-bond acceptors (Lipinski definition) is 3. The number of carbonyl (C=O) groups excluding carboxylic acids is 1. The first kappa shape index (κ1) is 15.0. The summed E-state index contributed by atoms with van der Waals surface area (Å²) in [5, 5.41) is 15.2. The van der Waals surface area contributed by atoms with E-state index < -0.39 is 6.10 Å². The number of amides is 1. The Bertz CT molecular complexity index is 557. The van der Waals surface area contributed by atoms with Crippen molar-refractivity contribution in [3.05, 3.63) is 57.2 Å². The maximum atomic E-state index is 11.7. The lowest BCUT2D eigenvalue weighted by molar-refractivity contribution is -0.121. The lowest BCUT2D eigenvalue weighted by Gasteiger charge is -2.10. The summed E-state index contributed by atoms with van der Waals surface area (Å²) in [5.41, 5.74) is 1.03. The number of nitrogens with one attached hydrogen (secondary N) is 1. The van der Waals surface area contributed by atoms with Crippen molar-refractivity contribution < 1.29 is 9.90 Å². The van der Waals surface area contributed by atoms with Crippen LogP contribution in [0.3, 0.4) is 0 Å². The molecular weight excluding hydrogens is 294 g/mol. The Kier molecular flexibility index (Phi) is 5.59. The molecule has 3 nitrogen and oxygen atoms in total. The van der Waals surface area contributed by atoms with E-state index in [4.69, 9.17) is 11.6 Å². The van der Waals surface area contributed by atoms with Crippen LogP contribution in [0.1, 0.15) is 23.0 Å². The van der Waals surface area contributed by atoms with Gasteiger partial charge in [0.05, 0.1) is 0 Å². The number of thiophene rings is 1. The zero-order chi connectivity index (χ0) is 14.4. The predicted octanol–water partition coefficient (Wildman–Crippen LogP) is 3.18. The van der Waals surface area contributed by atoms with Crippen LogP contribution in [0.2, 0.25) is 5.02 Å². The molecular formula is C15H16ClNO2S. The second-order valence-corrected chi connectivity index (χ2v) is 5.88. The summed E-state index contributed by atoms with van der Waals surface area (Å²) < 4.78 is 0. The van der Waals surface area contributed by atoms with Gasteiger partial charge in [-0.25, -0.2) is 0 Å². The van der Waals surface area contributed by atoms with Gasteiger partial charge in [0.25, 0.3) is 0 Å². The Morgan fingerprint density at radius 1 is 1.35 bits per heavy atom. The molecule has 2 aromatic rings. The van der Waals surface area contributed by atoms with Crippen molar-refractivity contribution in [3.8, 4) is 0 Å². The SMILES string of the molecule is O=C(CCc1cccc(Cl)c1)NCC(O)c1cccs1. The van der Waals surface area contributed by atoms with Gasteiger partial charge in [-0.05, 0) is 35.6 Å². The van der Waals surface area contributed by atoms with Crippen LogP contribution < -0.4 is 5.32 Å². The summed E-state index contributed by atoms with van der Waals surface area (Å²) in [6.07, 6.45) is 0.393. The predicted molar refractivity (Wildman–Crippen MR) is 82.1 cm³/mol. The molecule has 1 unspecified atom stereocenters. The van der Waals surface area contributed by atoms with Crippen molar-refractivity contribution in [1.29, 1.82) is 0 Å². The molecule has 0 spiro atoms. The van der Waals surface area contributed by atoms with Crippen LogP contribution in [0, 0.1) is 0 Å². The van der Waals surface area contributed by atoms with Gasteiger partial charge in [-0.2, -0.15) is 0 Å². The second-order valence-electron chi connectivity index (χ2n) is 4.47. The van der Waals surface area contributed by atoms with Crippen LogP contribution in [-0.2, 0) is 11.2 Å². The van der Waals surface area contributed by atoms with Crippen molar-refractivity contribution in [2.45, 2.75) is 18.9 Å². The van der Waals surface area contributed by atoms with E-state index in [1.54, 1.807) is 0 Å². The lowest BCUT2D eigenvalue weighted by atomic mass is 10.1. The number of halogens is 1. The first-order valence-corrected chi connectivity index (χ1v) is 7.63. The molecule has 0 saturated carbocycles. The summed E-state index contributed by atoms with van der Waals surface area (Å²) in [7, 11) is 0. The van der Waals surface area contributed by atoms with Crippen LogP contribution in [0.4, 0.5) is 0 Å². The van der Waals surface area contributed by atoms with E-state index in [2.05, 4.69) is 5.32 Å². The molecule has 1 amide bonds. The van der Waals surface area contributed by atoms with E-state index in [1.807, 2.05) is 41.8 Å². The number of benzene rings is 1. The van der Waals surface area contributed by atoms with Crippen LogP contribution >= 0.6 is 22.9 Å². The van der Waals surface area contributed by atoms with E-state index in [9.17, 15) is 9.90 Å². The van der Waals surface area contributed by atoms with Crippen molar-refractivity contribution in [1.82, 2.24) is 5.32 Å². The van der Waals surface area contributed by atoms with Crippen LogP contribution in [0.15, 0.2) is 41.8 Å². The van der Waals surface area contributed by atoms with Crippen LogP contribution in [0.5, 0.6) is 0 Å². The van der Waals surface area contributed by atoms with E-state index in [0.29, 0.717) is 17.9 Å². The molecule has 0 aliphatic carbocycles. The van der Waals surface area contributed by atoms with Crippen molar-refractivity contribution in [2.24, 2.45) is 0 Å². The molecule has 1 atom stereocenters. The fourth-order valence-corrected chi connectivity index (χ4v) is 2.76. The lowest BCUT2D eigenvalue weighted by Crippen LogP contribution is -2.28. The Hall–Kier alpha value is -1.36. The smallest absolute Gasteiger partial charge is 0.220 e. The fraction of sp³-hybridized carbons (Fsp3) is 0.267. The molecule has 2 N–H and O–H groups in total. The zero-order valence-electron chi connectivity index (χ0n) is 10.9. The summed E-state index contributed by atoms with van der Waals surface area (Å²) >= 11 is 7.37. The Morgan fingerprint density at radius 3 is 2.90 bits per heavy atom. The maximum absolute atomic E-state index is 11.7. The minimum Gasteiger partial charge on any atom is -0.386 e. The van der Waals surface area contributed by atoms with Crippen molar-refractivity contribution in [3.63, 3.8) is 0 Å². The number of rotatable bonds is 6. The number of aryl methyl sites for hydroxylation is 1. The highest BCUT2D eigenvalue weighted by atomic mass is 35.5. The standard InChI is InChI=1S/C15H16ClNO2S/c16-12-4-1-3-11(9-12)6-7-15(19)17-10-13(18)14-5-2-8-20-14/h1-5,8-9,13,18H,6-7,10H2,(H,17,19). The van der Waals surface area contributed by atoms with Gasteiger partial charge in [0, 0.05) is 22.9 Å². The van der Waals surface area contributed by atoms with Gasteiger partial charge in [0.15, 0.2) is 0 Å². The second kappa shape index (κ2) is 7.43. The largest absolute Gasteiger partial charge is 0.386 e. The van der Waals surface area contributed by atoms with Gasteiger partial charge in [0.2, 0.25) is 5.91 Å². The zero-order valence-corrected chi connectivity index (χ0v) is 12.5. The Morgan fingerprint density at radius 2 is 2.20 bits per heavy atom. The fourth-order valence-electron chi connectivity index (χ4n) is 1.83. The van der Waals surface area contributed by atoms with Gasteiger partial charge in [-0.15, -0.1) is 11.3 Å². The van der Waals surface area contributed by atoms with E-state index in [1.165, 1.54) is 11.3 Å². The first-order valence-electron chi connectivity index (χ1n) is 6.38. The highest BCUT2D eigenvalue weighted by Gasteiger charge is 2.10. The summed E-state index contributed by atoms with van der Waals surface area (Å²) in [6.45, 7) is 0.245. The van der Waals surface area contributed by atoms with Gasteiger partial charge in [-0.1, -0.05) is 29.8 Å². The molecule has 5 heteroatoms. The quantitative estimate of drug-likeness (QED) is 0.861. The molecule has 20 heavy (non-hydrogen) atoms. The molecule has 0 bridgehead atoms. The number of aliphatic hydroxyl groups is 1. The van der Waals surface area contributed by atoms with Crippen LogP contribution in [0.25, 0.3) is 0 Å². The molecule has 0 aliphatic heterocycles. The molecule has 0 radical (unpaired) electrons. The van der Waals surface area contributed by atoms with E-state index in [0.717, 1.165) is 10.4 Å². The number of carbonyl (C=O) groups is 1. The molecule has 1 aromatic carbocycles. The van der Waals surface area contributed by atoms with E-state index in [-0.39, 0.29) is 12.5 Å². The number of hydrogen-bond donors (Lipinski definition) is 2. The summed E-state index contributed by atoms with van der Waals surface area (Å²) in [5.74, 6) is -0.0689. The monoisotopic (exact) mass is 309 g/mol. The normalized spacial score (nSPS) is 12.1. The molecule has 106 valence electrons. The minimum atomic E-state index is -0.634. The van der Waals surface area contributed by atoms with Gasteiger partial charge >= 0.3 is 0 Å². The van der Waals surface area contributed by atoms with Crippen molar-refractivity contribution in [2.75, 3.05) is 6.54 Å². The maximum Gasteiger partial charge on any atom is 0.220 e. The third-order valence-corrected chi connectivity index (χ3v) is 4.10. The van der Waals surface area contributed by atoms with Gasteiger partial charge in [0.1, 0.15) is 6.10 Å². The molecule has 2 rings (SSSR count). The third-order valence-electron chi connectivity index (χ3n) is 2.89. The molecule has 1 aromatic heterocycles. The molecule has 1 heterocycles. The Balaban J connectivity index is 1.73. The van der Waals surface area contributed by atoms with Crippen molar-refractivity contribution >= 4 is 28.8 Å².